The van der Waals surface area contributed by atoms with Crippen LogP contribution in [0, 0.1) is 0 Å². The average Bonchev–Trinajstić information content (AvgIpc) is 2.78. The third kappa shape index (κ3) is 6.07. The first-order valence-corrected chi connectivity index (χ1v) is 10.2. The molecule has 4 amide bonds. The lowest BCUT2D eigenvalue weighted by Crippen LogP contribution is -2.63. The molecule has 0 spiro atoms. The van der Waals surface area contributed by atoms with Gasteiger partial charge in [0.05, 0.1) is 13.5 Å². The molecule has 0 aliphatic carbocycles. The van der Waals surface area contributed by atoms with Crippen molar-refractivity contribution < 1.29 is 23.9 Å². The minimum absolute atomic E-state index is 0.188. The van der Waals surface area contributed by atoms with Crippen LogP contribution in [-0.4, -0.2) is 48.9 Å². The van der Waals surface area contributed by atoms with Gasteiger partial charge in [-0.1, -0.05) is 42.5 Å². The number of piperazine rings is 1. The van der Waals surface area contributed by atoms with Crippen molar-refractivity contribution in [1.82, 2.24) is 16.0 Å². The van der Waals surface area contributed by atoms with Crippen LogP contribution in [0.5, 0.6) is 5.75 Å². The molecule has 0 saturated carbocycles. The van der Waals surface area contributed by atoms with Gasteiger partial charge in [0.1, 0.15) is 23.9 Å². The molecule has 9 heteroatoms. The third-order valence-corrected chi connectivity index (χ3v) is 5.22. The second-order valence-corrected chi connectivity index (χ2v) is 7.59. The van der Waals surface area contributed by atoms with Crippen LogP contribution < -0.4 is 26.4 Å². The van der Waals surface area contributed by atoms with Gasteiger partial charge in [-0.25, -0.2) is 0 Å². The number of ether oxygens (including phenoxy) is 1. The number of rotatable bonds is 9. The Kier molecular flexibility index (Phi) is 7.43. The maximum absolute atomic E-state index is 12.5. The number of amides is 4. The first kappa shape index (κ1) is 22.8. The van der Waals surface area contributed by atoms with Gasteiger partial charge in [0, 0.05) is 12.8 Å². The van der Waals surface area contributed by atoms with E-state index >= 15 is 0 Å². The molecular weight excluding hydrogens is 412 g/mol. The zero-order valence-electron chi connectivity index (χ0n) is 17.7. The Morgan fingerprint density at radius 2 is 1.59 bits per heavy atom. The highest BCUT2D eigenvalue weighted by Gasteiger charge is 2.35. The zero-order valence-corrected chi connectivity index (χ0v) is 17.7. The largest absolute Gasteiger partial charge is 0.497 e. The number of primary amides is 1. The van der Waals surface area contributed by atoms with Crippen molar-refractivity contribution in [2.45, 2.75) is 37.4 Å². The van der Waals surface area contributed by atoms with Crippen molar-refractivity contribution in [3.8, 4) is 5.75 Å². The minimum atomic E-state index is -1.02. The van der Waals surface area contributed by atoms with Gasteiger partial charge < -0.3 is 26.4 Å². The molecular formula is C23H26N4O5. The molecule has 1 aliphatic heterocycles. The van der Waals surface area contributed by atoms with E-state index in [1.54, 1.807) is 31.4 Å². The predicted molar refractivity (Wildman–Crippen MR) is 116 cm³/mol. The third-order valence-electron chi connectivity index (χ3n) is 5.22. The number of methoxy groups -OCH3 is 1. The Balaban J connectivity index is 1.55. The van der Waals surface area contributed by atoms with Gasteiger partial charge in [0.25, 0.3) is 0 Å². The molecule has 0 radical (unpaired) electrons. The molecule has 0 unspecified atom stereocenters. The van der Waals surface area contributed by atoms with E-state index in [1.165, 1.54) is 0 Å². The molecule has 168 valence electrons. The Morgan fingerprint density at radius 1 is 0.969 bits per heavy atom. The summed E-state index contributed by atoms with van der Waals surface area (Å²) in [5.41, 5.74) is 7.12. The van der Waals surface area contributed by atoms with Crippen molar-refractivity contribution >= 4 is 23.6 Å². The lowest BCUT2D eigenvalue weighted by atomic mass is 10.0. The summed E-state index contributed by atoms with van der Waals surface area (Å²) >= 11 is 0. The maximum atomic E-state index is 12.5. The molecule has 1 fully saturated rings. The second kappa shape index (κ2) is 10.4. The van der Waals surface area contributed by atoms with E-state index in [9.17, 15) is 19.2 Å². The molecule has 0 aromatic heterocycles. The molecule has 9 nitrogen and oxygen atoms in total. The van der Waals surface area contributed by atoms with E-state index in [-0.39, 0.29) is 18.7 Å². The highest BCUT2D eigenvalue weighted by atomic mass is 16.5. The molecule has 2 aromatic carbocycles. The van der Waals surface area contributed by atoms with Crippen LogP contribution in [0.4, 0.5) is 0 Å². The minimum Gasteiger partial charge on any atom is -0.497 e. The lowest BCUT2D eigenvalue weighted by molar-refractivity contribution is -0.138. The quantitative estimate of drug-likeness (QED) is 0.430. The Labute approximate surface area is 185 Å². The normalized spacial score (nSPS) is 18.8. The lowest BCUT2D eigenvalue weighted by Gasteiger charge is -2.29. The van der Waals surface area contributed by atoms with Crippen molar-refractivity contribution in [3.63, 3.8) is 0 Å². The fourth-order valence-corrected chi connectivity index (χ4v) is 3.47. The van der Waals surface area contributed by atoms with Crippen LogP contribution in [0.25, 0.3) is 0 Å². The molecule has 1 heterocycles. The van der Waals surface area contributed by atoms with Crippen molar-refractivity contribution in [2.75, 3.05) is 7.11 Å². The van der Waals surface area contributed by atoms with E-state index in [1.807, 2.05) is 30.3 Å². The Morgan fingerprint density at radius 3 is 2.22 bits per heavy atom. The van der Waals surface area contributed by atoms with E-state index in [0.717, 1.165) is 11.1 Å². The summed E-state index contributed by atoms with van der Waals surface area (Å²) in [4.78, 5) is 49.1. The Bertz CT molecular complexity index is 978. The van der Waals surface area contributed by atoms with Crippen molar-refractivity contribution in [1.29, 1.82) is 0 Å². The number of hydrogen-bond donors (Lipinski definition) is 4. The van der Waals surface area contributed by atoms with E-state index in [4.69, 9.17) is 10.5 Å². The van der Waals surface area contributed by atoms with Gasteiger partial charge in [-0.3, -0.25) is 19.2 Å². The first-order chi connectivity index (χ1) is 15.4. The topological polar surface area (TPSA) is 140 Å². The van der Waals surface area contributed by atoms with Crippen LogP contribution in [0.3, 0.4) is 0 Å². The summed E-state index contributed by atoms with van der Waals surface area (Å²) in [5, 5.41) is 7.80. The first-order valence-electron chi connectivity index (χ1n) is 10.2. The second-order valence-electron chi connectivity index (χ2n) is 7.59. The fourth-order valence-electron chi connectivity index (χ4n) is 3.47. The summed E-state index contributed by atoms with van der Waals surface area (Å²) in [6.07, 6.45) is 0.235. The predicted octanol–water partition coefficient (Wildman–Crippen LogP) is -0.176. The van der Waals surface area contributed by atoms with Gasteiger partial charge in [0.15, 0.2) is 0 Å². The van der Waals surface area contributed by atoms with Crippen LogP contribution >= 0.6 is 0 Å². The average molecular weight is 438 g/mol. The van der Waals surface area contributed by atoms with Gasteiger partial charge in [-0.05, 0) is 23.3 Å². The van der Waals surface area contributed by atoms with Crippen LogP contribution in [-0.2, 0) is 32.0 Å². The van der Waals surface area contributed by atoms with Crippen LogP contribution in [0.15, 0.2) is 54.6 Å². The van der Waals surface area contributed by atoms with E-state index in [0.29, 0.717) is 12.2 Å². The number of nitrogens with two attached hydrogens (primary N) is 1. The highest BCUT2D eigenvalue weighted by Crippen LogP contribution is 2.13. The molecule has 2 aromatic rings. The van der Waals surface area contributed by atoms with Gasteiger partial charge in [-0.15, -0.1) is 0 Å². The number of benzene rings is 2. The maximum Gasteiger partial charge on any atom is 0.243 e. The fraction of sp³-hybridized carbons (Fsp3) is 0.304. The smallest absolute Gasteiger partial charge is 0.243 e. The van der Waals surface area contributed by atoms with Crippen molar-refractivity contribution in [3.05, 3.63) is 65.7 Å². The molecule has 32 heavy (non-hydrogen) atoms. The summed E-state index contributed by atoms with van der Waals surface area (Å²) < 4.78 is 5.10. The van der Waals surface area contributed by atoms with Crippen molar-refractivity contribution in [2.24, 2.45) is 5.73 Å². The molecule has 3 rings (SSSR count). The van der Waals surface area contributed by atoms with Gasteiger partial charge in [-0.2, -0.15) is 0 Å². The molecule has 3 atom stereocenters. The summed E-state index contributed by atoms with van der Waals surface area (Å²) in [6.45, 7) is 0. The van der Waals surface area contributed by atoms with E-state index < -0.39 is 35.8 Å². The summed E-state index contributed by atoms with van der Waals surface area (Å²) in [5.74, 6) is -1.42. The number of hydrogen-bond acceptors (Lipinski definition) is 5. The van der Waals surface area contributed by atoms with E-state index in [2.05, 4.69) is 16.0 Å². The standard InChI is InChI=1S/C23H26N4O5/c1-32-16-9-7-15(8-10-16)11-17(21(24)29)25-20(28)13-19-23(31)26-18(22(30)27-19)12-14-5-3-2-4-6-14/h2-10,17-19H,11-13H2,1H3,(H2,24,29)(H,25,28)(H,26,31)(H,27,30)/t17-,18+,19+/m1/s1. The molecule has 1 aliphatic rings. The number of carbonyl (C=O) groups excluding carboxylic acids is 4. The number of nitrogens with one attached hydrogen (secondary N) is 3. The monoisotopic (exact) mass is 438 g/mol. The summed E-state index contributed by atoms with van der Waals surface area (Å²) in [6, 6.07) is 13.6. The SMILES string of the molecule is COc1ccc(C[C@@H](NC(=O)C[C@@H]2NC(=O)[C@H](Cc3ccccc3)NC2=O)C(N)=O)cc1. The number of carbonyl (C=O) groups is 4. The van der Waals surface area contributed by atoms with Crippen LogP contribution in [0.1, 0.15) is 17.5 Å². The molecule has 1 saturated heterocycles. The van der Waals surface area contributed by atoms with Gasteiger partial charge >= 0.3 is 0 Å². The van der Waals surface area contributed by atoms with Gasteiger partial charge in [0.2, 0.25) is 23.6 Å². The zero-order chi connectivity index (χ0) is 23.1. The molecule has 0 bridgehead atoms. The Hall–Kier alpha value is -3.88. The van der Waals surface area contributed by atoms with Crippen LogP contribution in [0.2, 0.25) is 0 Å². The highest BCUT2D eigenvalue weighted by molar-refractivity contribution is 5.99. The molecule has 5 N–H and O–H groups in total. The summed E-state index contributed by atoms with van der Waals surface area (Å²) in [7, 11) is 1.55.